The Morgan fingerprint density at radius 1 is 0.917 bits per heavy atom. The van der Waals surface area contributed by atoms with Gasteiger partial charge in [0.25, 0.3) is 0 Å². The molecule has 8 nitrogen and oxygen atoms in total. The van der Waals surface area contributed by atoms with Crippen LogP contribution in [0.2, 0.25) is 0 Å². The molecule has 0 radical (unpaired) electrons. The molecule has 1 aliphatic rings. The summed E-state index contributed by atoms with van der Waals surface area (Å²) in [5.41, 5.74) is -3.53. The second kappa shape index (κ2) is 7.35. The number of carboxylic acids is 2. The molecule has 0 aromatic carbocycles. The molecule has 0 amide bonds. The van der Waals surface area contributed by atoms with Crippen LogP contribution in [-0.2, 0) is 29.1 Å². The molecule has 2 atom stereocenters. The minimum absolute atomic E-state index is 0.0782. The van der Waals surface area contributed by atoms with Gasteiger partial charge in [-0.3, -0.25) is 9.59 Å². The summed E-state index contributed by atoms with van der Waals surface area (Å²) < 4.78 is 0. The lowest BCUT2D eigenvalue weighted by atomic mass is 9.70. The molecule has 2 N–H and O–H groups in total. The van der Waals surface area contributed by atoms with E-state index in [1.165, 1.54) is 0 Å². The molecule has 0 bridgehead atoms. The quantitative estimate of drug-likeness (QED) is 0.428. The van der Waals surface area contributed by atoms with E-state index in [0.29, 0.717) is 12.8 Å². The zero-order chi connectivity index (χ0) is 18.8. The van der Waals surface area contributed by atoms with Gasteiger partial charge in [-0.05, 0) is 60.8 Å². The van der Waals surface area contributed by atoms with Gasteiger partial charge in [0.05, 0.1) is 11.2 Å². The third kappa shape index (κ3) is 5.14. The van der Waals surface area contributed by atoms with Crippen molar-refractivity contribution in [3.63, 3.8) is 0 Å². The van der Waals surface area contributed by atoms with Crippen molar-refractivity contribution in [2.75, 3.05) is 0 Å². The Morgan fingerprint density at radius 2 is 1.38 bits per heavy atom. The Labute approximate surface area is 141 Å². The van der Waals surface area contributed by atoms with Gasteiger partial charge in [0.1, 0.15) is 12.2 Å². The van der Waals surface area contributed by atoms with Gasteiger partial charge < -0.3 is 10.2 Å². The topological polar surface area (TPSA) is 112 Å². The van der Waals surface area contributed by atoms with Crippen LogP contribution in [0.3, 0.4) is 0 Å². The van der Waals surface area contributed by atoms with Crippen LogP contribution >= 0.6 is 0 Å². The predicted molar refractivity (Wildman–Crippen MR) is 83.0 cm³/mol. The standard InChI is InChI=1S/C16H28O8/c1-14(2,3)23-21-10-8-7-9-16(12(17)18,13(19)20)11(10)22-24-15(4,5)6/h10-11H,7-9H2,1-6H3,(H,17,18)(H,19,20). The van der Waals surface area contributed by atoms with Crippen LogP contribution in [0.5, 0.6) is 0 Å². The van der Waals surface area contributed by atoms with Crippen molar-refractivity contribution in [2.45, 2.75) is 84.2 Å². The number of aliphatic carboxylic acids is 2. The van der Waals surface area contributed by atoms with Gasteiger partial charge in [0.2, 0.25) is 0 Å². The highest BCUT2D eigenvalue weighted by Crippen LogP contribution is 2.41. The van der Waals surface area contributed by atoms with Gasteiger partial charge in [0, 0.05) is 0 Å². The summed E-state index contributed by atoms with van der Waals surface area (Å²) in [6.45, 7) is 10.4. The Kier molecular flexibility index (Phi) is 6.37. The highest BCUT2D eigenvalue weighted by Gasteiger charge is 2.60. The Bertz CT molecular complexity index is 446. The number of rotatable bonds is 6. The summed E-state index contributed by atoms with van der Waals surface area (Å²) in [4.78, 5) is 44.7. The maximum absolute atomic E-state index is 11.8. The first-order valence-electron chi connectivity index (χ1n) is 7.95. The van der Waals surface area contributed by atoms with Crippen LogP contribution in [0.15, 0.2) is 0 Å². The Balaban J connectivity index is 3.12. The molecule has 0 aromatic heterocycles. The summed E-state index contributed by atoms with van der Waals surface area (Å²) in [6, 6.07) is 0. The van der Waals surface area contributed by atoms with E-state index in [0.717, 1.165) is 0 Å². The predicted octanol–water partition coefficient (Wildman–Crippen LogP) is 2.56. The average molecular weight is 348 g/mol. The molecule has 24 heavy (non-hydrogen) atoms. The average Bonchev–Trinajstić information content (AvgIpc) is 2.40. The zero-order valence-corrected chi connectivity index (χ0v) is 15.1. The third-order valence-electron chi connectivity index (χ3n) is 3.47. The van der Waals surface area contributed by atoms with Gasteiger partial charge in [0.15, 0.2) is 5.41 Å². The lowest BCUT2D eigenvalue weighted by Crippen LogP contribution is -2.58. The molecule has 0 aliphatic heterocycles. The van der Waals surface area contributed by atoms with Crippen molar-refractivity contribution < 1.29 is 39.4 Å². The molecule has 0 saturated heterocycles. The van der Waals surface area contributed by atoms with Crippen molar-refractivity contribution in [2.24, 2.45) is 5.41 Å². The van der Waals surface area contributed by atoms with Crippen LogP contribution in [-0.4, -0.2) is 45.6 Å². The summed E-state index contributed by atoms with van der Waals surface area (Å²) in [5.74, 6) is -2.97. The fraction of sp³-hybridized carbons (Fsp3) is 0.875. The van der Waals surface area contributed by atoms with Crippen LogP contribution in [0.1, 0.15) is 60.8 Å². The molecule has 0 heterocycles. The third-order valence-corrected chi connectivity index (χ3v) is 3.47. The Morgan fingerprint density at radius 3 is 1.79 bits per heavy atom. The number of carbonyl (C=O) groups is 2. The molecule has 1 fully saturated rings. The normalized spacial score (nSPS) is 24.6. The number of carboxylic acid groups (broad SMARTS) is 2. The molecule has 2 unspecified atom stereocenters. The van der Waals surface area contributed by atoms with Crippen molar-refractivity contribution in [1.82, 2.24) is 0 Å². The first-order valence-corrected chi connectivity index (χ1v) is 7.95. The molecule has 0 aromatic rings. The van der Waals surface area contributed by atoms with Crippen LogP contribution in [0.25, 0.3) is 0 Å². The van der Waals surface area contributed by atoms with E-state index in [-0.39, 0.29) is 6.42 Å². The highest BCUT2D eigenvalue weighted by atomic mass is 17.2. The van der Waals surface area contributed by atoms with Crippen LogP contribution in [0, 0.1) is 5.41 Å². The van der Waals surface area contributed by atoms with E-state index in [4.69, 9.17) is 19.6 Å². The van der Waals surface area contributed by atoms with Gasteiger partial charge in [-0.1, -0.05) is 0 Å². The highest BCUT2D eigenvalue weighted by molar-refractivity contribution is 5.99. The van der Waals surface area contributed by atoms with Gasteiger partial charge in [-0.25, -0.2) is 19.6 Å². The largest absolute Gasteiger partial charge is 0.480 e. The minimum Gasteiger partial charge on any atom is -0.480 e. The summed E-state index contributed by atoms with van der Waals surface area (Å²) in [7, 11) is 0. The smallest absolute Gasteiger partial charge is 0.324 e. The van der Waals surface area contributed by atoms with Crippen molar-refractivity contribution in [1.29, 1.82) is 0 Å². The maximum Gasteiger partial charge on any atom is 0.324 e. The zero-order valence-electron chi connectivity index (χ0n) is 15.1. The summed E-state index contributed by atoms with van der Waals surface area (Å²) >= 11 is 0. The van der Waals surface area contributed by atoms with E-state index in [1.54, 1.807) is 41.5 Å². The lowest BCUT2D eigenvalue weighted by Gasteiger charge is -2.41. The first kappa shape index (κ1) is 20.8. The van der Waals surface area contributed by atoms with E-state index in [1.807, 2.05) is 0 Å². The molecule has 0 spiro atoms. The summed E-state index contributed by atoms with van der Waals surface area (Å²) in [6.07, 6.45) is -1.55. The molecule has 1 saturated carbocycles. The second-order valence-corrected chi connectivity index (χ2v) is 8.02. The first-order chi connectivity index (χ1) is 10.8. The fourth-order valence-electron chi connectivity index (χ4n) is 2.39. The maximum atomic E-state index is 11.8. The lowest BCUT2D eigenvalue weighted by molar-refractivity contribution is -0.443. The van der Waals surface area contributed by atoms with E-state index in [2.05, 4.69) is 0 Å². The molecular weight excluding hydrogens is 320 g/mol. The molecular formula is C16H28O8. The van der Waals surface area contributed by atoms with Crippen molar-refractivity contribution >= 4 is 11.9 Å². The van der Waals surface area contributed by atoms with E-state index >= 15 is 0 Å². The molecule has 140 valence electrons. The van der Waals surface area contributed by atoms with E-state index in [9.17, 15) is 19.8 Å². The van der Waals surface area contributed by atoms with Gasteiger partial charge >= 0.3 is 11.9 Å². The van der Waals surface area contributed by atoms with Crippen molar-refractivity contribution in [3.05, 3.63) is 0 Å². The Hall–Kier alpha value is -1.22. The number of hydrogen-bond donors (Lipinski definition) is 2. The van der Waals surface area contributed by atoms with Gasteiger partial charge in [-0.15, -0.1) is 0 Å². The van der Waals surface area contributed by atoms with Crippen LogP contribution in [0.4, 0.5) is 0 Å². The second-order valence-electron chi connectivity index (χ2n) is 8.02. The van der Waals surface area contributed by atoms with Crippen molar-refractivity contribution in [3.8, 4) is 0 Å². The SMILES string of the molecule is CC(C)(C)OOC1CCCC(C(=O)O)(C(=O)O)C1OOC(C)(C)C. The molecule has 1 rings (SSSR count). The fourth-order valence-corrected chi connectivity index (χ4v) is 2.39. The minimum atomic E-state index is -2.16. The summed E-state index contributed by atoms with van der Waals surface area (Å²) in [5, 5.41) is 19.2. The molecule has 8 heteroatoms. The molecule has 1 aliphatic carbocycles. The number of hydrogen-bond acceptors (Lipinski definition) is 6. The van der Waals surface area contributed by atoms with E-state index < -0.39 is 40.8 Å². The monoisotopic (exact) mass is 348 g/mol. The van der Waals surface area contributed by atoms with Gasteiger partial charge in [-0.2, -0.15) is 0 Å². The van der Waals surface area contributed by atoms with Crippen LogP contribution < -0.4 is 0 Å².